The van der Waals surface area contributed by atoms with E-state index in [1.807, 2.05) is 0 Å². The highest BCUT2D eigenvalue weighted by molar-refractivity contribution is 6.31. The van der Waals surface area contributed by atoms with Gasteiger partial charge in [-0.3, -0.25) is 9.59 Å². The lowest BCUT2D eigenvalue weighted by atomic mass is 10.1. The molecule has 0 bridgehead atoms. The lowest BCUT2D eigenvalue weighted by Gasteiger charge is -2.13. The minimum atomic E-state index is -1.11. The van der Waals surface area contributed by atoms with Gasteiger partial charge in [-0.1, -0.05) is 36.4 Å². The van der Waals surface area contributed by atoms with E-state index in [1.54, 1.807) is 60.7 Å². The van der Waals surface area contributed by atoms with E-state index in [-0.39, 0.29) is 12.1 Å². The summed E-state index contributed by atoms with van der Waals surface area (Å²) in [5.41, 5.74) is 5.72. The molecule has 0 saturated carbocycles. The van der Waals surface area contributed by atoms with E-state index >= 15 is 0 Å². The molecule has 2 rings (SSSR count). The fraction of sp³-hybridized carbons (Fsp3) is 0.200. The van der Waals surface area contributed by atoms with Crippen LogP contribution in [-0.4, -0.2) is 46.2 Å². The Bertz CT molecular complexity index is 836. The summed E-state index contributed by atoms with van der Waals surface area (Å²) in [5, 5.41) is 27.1. The molecule has 0 aliphatic rings. The van der Waals surface area contributed by atoms with Gasteiger partial charge in [0.05, 0.1) is 24.1 Å². The average Bonchev–Trinajstić information content (AvgIpc) is 2.72. The van der Waals surface area contributed by atoms with Crippen LogP contribution < -0.4 is 10.9 Å². The standard InChI is InChI=1S/C20H22N4O4/c1-14(25)18(26)12-17(22-24-20(28)16-10-6-3-7-11-16)13-21-23-19(27)15-8-4-2-5-9-15/h2-11,13-14,18,25-26H,12H2,1H3,(H,23,27)(H,24,28). The van der Waals surface area contributed by atoms with Crippen molar-refractivity contribution in [1.29, 1.82) is 0 Å². The minimum absolute atomic E-state index is 0.0720. The zero-order valence-corrected chi connectivity index (χ0v) is 15.3. The molecule has 0 radical (unpaired) electrons. The number of benzene rings is 2. The molecular weight excluding hydrogens is 360 g/mol. The van der Waals surface area contributed by atoms with E-state index in [9.17, 15) is 19.8 Å². The summed E-state index contributed by atoms with van der Waals surface area (Å²) in [7, 11) is 0. The second-order valence-corrected chi connectivity index (χ2v) is 5.99. The molecular formula is C20H22N4O4. The van der Waals surface area contributed by atoms with Gasteiger partial charge < -0.3 is 10.2 Å². The molecule has 28 heavy (non-hydrogen) atoms. The SMILES string of the molecule is CC(O)C(O)CC(C=NNC(=O)c1ccccc1)=NNC(=O)c1ccccc1. The number of nitrogens with zero attached hydrogens (tertiary/aromatic N) is 2. The number of hydrazone groups is 2. The van der Waals surface area contributed by atoms with Crippen molar-refractivity contribution in [2.75, 3.05) is 0 Å². The van der Waals surface area contributed by atoms with E-state index < -0.39 is 24.0 Å². The molecule has 0 heterocycles. The molecule has 2 aromatic rings. The molecule has 4 N–H and O–H groups in total. The first-order chi connectivity index (χ1) is 13.5. The summed E-state index contributed by atoms with van der Waals surface area (Å²) in [6, 6.07) is 17.0. The van der Waals surface area contributed by atoms with Gasteiger partial charge in [0.15, 0.2) is 0 Å². The largest absolute Gasteiger partial charge is 0.391 e. The first-order valence-electron chi connectivity index (χ1n) is 8.64. The maximum Gasteiger partial charge on any atom is 0.271 e. The molecule has 0 spiro atoms. The number of hydrogen-bond donors (Lipinski definition) is 4. The fourth-order valence-electron chi connectivity index (χ4n) is 2.11. The lowest BCUT2D eigenvalue weighted by molar-refractivity contribution is 0.0366. The van der Waals surface area contributed by atoms with Gasteiger partial charge in [0.25, 0.3) is 11.8 Å². The Morgan fingerprint density at radius 1 is 0.929 bits per heavy atom. The number of aliphatic hydroxyl groups is 2. The van der Waals surface area contributed by atoms with Crippen LogP contribution in [0.1, 0.15) is 34.1 Å². The molecule has 8 nitrogen and oxygen atoms in total. The molecule has 0 aliphatic carbocycles. The highest BCUT2D eigenvalue weighted by Gasteiger charge is 2.14. The predicted octanol–water partition coefficient (Wildman–Crippen LogP) is 1.32. The van der Waals surface area contributed by atoms with Gasteiger partial charge in [0.2, 0.25) is 0 Å². The number of hydrogen-bond acceptors (Lipinski definition) is 6. The maximum absolute atomic E-state index is 12.1. The summed E-state index contributed by atoms with van der Waals surface area (Å²) >= 11 is 0. The monoisotopic (exact) mass is 382 g/mol. The molecule has 0 saturated heterocycles. The van der Waals surface area contributed by atoms with E-state index in [1.165, 1.54) is 13.1 Å². The van der Waals surface area contributed by atoms with Gasteiger partial charge in [-0.05, 0) is 31.2 Å². The van der Waals surface area contributed by atoms with Crippen molar-refractivity contribution in [3.63, 3.8) is 0 Å². The first-order valence-corrected chi connectivity index (χ1v) is 8.64. The Balaban J connectivity index is 2.05. The number of carbonyl (C=O) groups excluding carboxylic acids is 2. The summed E-state index contributed by atoms with van der Waals surface area (Å²) in [4.78, 5) is 24.1. The van der Waals surface area contributed by atoms with Gasteiger partial charge >= 0.3 is 0 Å². The fourth-order valence-corrected chi connectivity index (χ4v) is 2.11. The number of nitrogens with one attached hydrogen (secondary N) is 2. The summed E-state index contributed by atoms with van der Waals surface area (Å²) < 4.78 is 0. The van der Waals surface area contributed by atoms with Crippen LogP contribution in [0, 0.1) is 0 Å². The molecule has 2 amide bonds. The van der Waals surface area contributed by atoms with Crippen molar-refractivity contribution >= 4 is 23.7 Å². The van der Waals surface area contributed by atoms with Crippen LogP contribution in [0.2, 0.25) is 0 Å². The van der Waals surface area contributed by atoms with Crippen LogP contribution in [0.4, 0.5) is 0 Å². The van der Waals surface area contributed by atoms with Crippen LogP contribution in [0.15, 0.2) is 70.9 Å². The van der Waals surface area contributed by atoms with Gasteiger partial charge in [0.1, 0.15) is 0 Å². The molecule has 2 aromatic carbocycles. The molecule has 0 aromatic heterocycles. The van der Waals surface area contributed by atoms with Gasteiger partial charge in [0, 0.05) is 17.5 Å². The van der Waals surface area contributed by atoms with Crippen LogP contribution in [0.3, 0.4) is 0 Å². The van der Waals surface area contributed by atoms with Crippen LogP contribution >= 0.6 is 0 Å². The second-order valence-electron chi connectivity index (χ2n) is 5.99. The summed E-state index contributed by atoms with van der Waals surface area (Å²) in [6.07, 6.45) is -0.971. The van der Waals surface area contributed by atoms with E-state index in [0.29, 0.717) is 11.1 Å². The third-order valence-corrected chi connectivity index (χ3v) is 3.73. The molecule has 146 valence electrons. The van der Waals surface area contributed by atoms with Crippen molar-refractivity contribution in [2.45, 2.75) is 25.6 Å². The normalized spacial score (nSPS) is 13.8. The smallest absolute Gasteiger partial charge is 0.271 e. The first kappa shape index (κ1) is 20.9. The van der Waals surface area contributed by atoms with Crippen molar-refractivity contribution < 1.29 is 19.8 Å². The highest BCUT2D eigenvalue weighted by atomic mass is 16.3. The zero-order valence-electron chi connectivity index (χ0n) is 15.3. The van der Waals surface area contributed by atoms with Crippen molar-refractivity contribution in [1.82, 2.24) is 10.9 Å². The third kappa shape index (κ3) is 6.75. The zero-order chi connectivity index (χ0) is 20.4. The van der Waals surface area contributed by atoms with Crippen molar-refractivity contribution in [3.8, 4) is 0 Å². The lowest BCUT2D eigenvalue weighted by Crippen LogP contribution is -2.29. The Morgan fingerprint density at radius 3 is 1.93 bits per heavy atom. The topological polar surface area (TPSA) is 123 Å². The van der Waals surface area contributed by atoms with E-state index in [4.69, 9.17) is 0 Å². The van der Waals surface area contributed by atoms with Crippen LogP contribution in [-0.2, 0) is 0 Å². The predicted molar refractivity (Wildman–Crippen MR) is 106 cm³/mol. The number of carbonyl (C=O) groups is 2. The molecule has 0 fully saturated rings. The summed E-state index contributed by atoms with van der Waals surface area (Å²) in [6.45, 7) is 1.43. The molecule has 2 atom stereocenters. The van der Waals surface area contributed by atoms with Crippen LogP contribution in [0.25, 0.3) is 0 Å². The number of aliphatic hydroxyl groups excluding tert-OH is 2. The van der Waals surface area contributed by atoms with E-state index in [2.05, 4.69) is 21.1 Å². The third-order valence-electron chi connectivity index (χ3n) is 3.73. The molecule has 0 aliphatic heterocycles. The molecule has 8 heteroatoms. The van der Waals surface area contributed by atoms with Gasteiger partial charge in [-0.15, -0.1) is 0 Å². The minimum Gasteiger partial charge on any atom is -0.391 e. The Morgan fingerprint density at radius 2 is 1.43 bits per heavy atom. The van der Waals surface area contributed by atoms with E-state index in [0.717, 1.165) is 0 Å². The number of amides is 2. The summed E-state index contributed by atoms with van der Waals surface area (Å²) in [5.74, 6) is -0.855. The van der Waals surface area contributed by atoms with Gasteiger partial charge in [-0.2, -0.15) is 10.2 Å². The van der Waals surface area contributed by atoms with Crippen molar-refractivity contribution in [2.24, 2.45) is 10.2 Å². The second kappa shape index (κ2) is 10.7. The van der Waals surface area contributed by atoms with Crippen molar-refractivity contribution in [3.05, 3.63) is 71.8 Å². The number of rotatable bonds is 8. The average molecular weight is 382 g/mol. The maximum atomic E-state index is 12.1. The molecule has 2 unspecified atom stereocenters. The quantitative estimate of drug-likeness (QED) is 0.406. The Kier molecular flexibility index (Phi) is 8.01. The Labute approximate surface area is 162 Å². The van der Waals surface area contributed by atoms with Gasteiger partial charge in [-0.25, -0.2) is 10.9 Å². The van der Waals surface area contributed by atoms with Crippen LogP contribution in [0.5, 0.6) is 0 Å². The Hall–Kier alpha value is -3.36. The highest BCUT2D eigenvalue weighted by Crippen LogP contribution is 2.02.